The van der Waals surface area contributed by atoms with Gasteiger partial charge in [-0.25, -0.2) is 5.01 Å². The molecule has 0 spiro atoms. The lowest BCUT2D eigenvalue weighted by Crippen LogP contribution is -2.42. The number of nitrogens with one attached hydrogen (secondary N) is 1. The zero-order valence-electron chi connectivity index (χ0n) is 12.3. The third-order valence-corrected chi connectivity index (χ3v) is 3.84. The van der Waals surface area contributed by atoms with Gasteiger partial charge in [0.15, 0.2) is 0 Å². The second kappa shape index (κ2) is 4.85. The molecule has 0 aromatic heterocycles. The first-order valence-corrected chi connectivity index (χ1v) is 6.55. The van der Waals surface area contributed by atoms with Crippen molar-refractivity contribution in [3.05, 3.63) is 28.8 Å². The molecule has 0 heterocycles. The Balaban J connectivity index is 2.41. The van der Waals surface area contributed by atoms with Crippen LogP contribution < -0.4 is 10.2 Å². The highest BCUT2D eigenvalue weighted by molar-refractivity contribution is 5.91. The summed E-state index contributed by atoms with van der Waals surface area (Å²) in [7, 11) is 5.31. The van der Waals surface area contributed by atoms with Crippen LogP contribution in [0.25, 0.3) is 0 Å². The molecule has 1 aromatic rings. The van der Waals surface area contributed by atoms with E-state index < -0.39 is 5.41 Å². The molecule has 1 N–H and O–H groups in total. The van der Waals surface area contributed by atoms with Crippen molar-refractivity contribution < 1.29 is 9.53 Å². The third-order valence-electron chi connectivity index (χ3n) is 3.84. The summed E-state index contributed by atoms with van der Waals surface area (Å²) >= 11 is 0. The lowest BCUT2D eigenvalue weighted by atomic mass is 9.91. The average molecular weight is 262 g/mol. The number of hydrogen-bond acceptors (Lipinski definition) is 3. The summed E-state index contributed by atoms with van der Waals surface area (Å²) in [5.74, 6) is 0.869. The van der Waals surface area contributed by atoms with Gasteiger partial charge in [-0.3, -0.25) is 10.2 Å². The Morgan fingerprint density at radius 1 is 1.26 bits per heavy atom. The molecule has 1 aliphatic carbocycles. The number of nitrogens with zero attached hydrogens (tertiary/aromatic N) is 1. The predicted molar refractivity (Wildman–Crippen MR) is 75.2 cm³/mol. The summed E-state index contributed by atoms with van der Waals surface area (Å²) in [5.41, 5.74) is 5.85. The number of hydrazine groups is 1. The molecular formula is C15H22N2O2. The molecule has 4 heteroatoms. The fourth-order valence-electron chi connectivity index (χ4n) is 2.39. The van der Waals surface area contributed by atoms with E-state index in [1.165, 1.54) is 11.1 Å². The predicted octanol–water partition coefficient (Wildman–Crippen LogP) is 1.94. The highest BCUT2D eigenvalue weighted by Gasteiger charge is 2.53. The molecule has 19 heavy (non-hydrogen) atoms. The number of benzene rings is 1. The normalized spacial score (nSPS) is 16.3. The zero-order chi connectivity index (χ0) is 14.2. The molecule has 1 amide bonds. The summed E-state index contributed by atoms with van der Waals surface area (Å²) in [6.07, 6.45) is 1.76. The van der Waals surface area contributed by atoms with Crippen LogP contribution in [0.2, 0.25) is 0 Å². The summed E-state index contributed by atoms with van der Waals surface area (Å²) in [6, 6.07) is 4.12. The SMILES string of the molecule is COc1cc(C)c(C)cc1C1(C(=O)NN(C)C)CC1. The van der Waals surface area contributed by atoms with E-state index in [1.54, 1.807) is 12.1 Å². The minimum Gasteiger partial charge on any atom is -0.496 e. The first-order valence-electron chi connectivity index (χ1n) is 6.55. The number of amides is 1. The maximum absolute atomic E-state index is 12.4. The van der Waals surface area contributed by atoms with Crippen molar-refractivity contribution in [2.24, 2.45) is 0 Å². The van der Waals surface area contributed by atoms with Crippen LogP contribution in [0, 0.1) is 13.8 Å². The van der Waals surface area contributed by atoms with Gasteiger partial charge in [0, 0.05) is 19.7 Å². The third kappa shape index (κ3) is 2.45. The number of hydrogen-bond donors (Lipinski definition) is 1. The summed E-state index contributed by atoms with van der Waals surface area (Å²) in [5, 5.41) is 1.69. The Morgan fingerprint density at radius 2 is 1.84 bits per heavy atom. The van der Waals surface area contributed by atoms with E-state index in [0.717, 1.165) is 24.2 Å². The van der Waals surface area contributed by atoms with Crippen LogP contribution >= 0.6 is 0 Å². The maximum atomic E-state index is 12.4. The molecule has 4 nitrogen and oxygen atoms in total. The Hall–Kier alpha value is -1.55. The number of methoxy groups -OCH3 is 1. The van der Waals surface area contributed by atoms with E-state index in [9.17, 15) is 4.79 Å². The van der Waals surface area contributed by atoms with Gasteiger partial charge in [-0.15, -0.1) is 0 Å². The zero-order valence-corrected chi connectivity index (χ0v) is 12.3. The Bertz CT molecular complexity index is 505. The lowest BCUT2D eigenvalue weighted by molar-refractivity contribution is -0.127. The van der Waals surface area contributed by atoms with Crippen molar-refractivity contribution in [1.82, 2.24) is 10.4 Å². The van der Waals surface area contributed by atoms with Crippen molar-refractivity contribution in [2.45, 2.75) is 32.1 Å². The maximum Gasteiger partial charge on any atom is 0.245 e. The van der Waals surface area contributed by atoms with Gasteiger partial charge in [-0.05, 0) is 43.9 Å². The fourth-order valence-corrected chi connectivity index (χ4v) is 2.39. The lowest BCUT2D eigenvalue weighted by Gasteiger charge is -2.22. The topological polar surface area (TPSA) is 41.6 Å². The molecule has 0 saturated heterocycles. The van der Waals surface area contributed by atoms with Gasteiger partial charge in [-0.2, -0.15) is 0 Å². The average Bonchev–Trinajstić information content (AvgIpc) is 3.12. The van der Waals surface area contributed by atoms with E-state index in [4.69, 9.17) is 4.74 Å². The van der Waals surface area contributed by atoms with Gasteiger partial charge in [-0.1, -0.05) is 6.07 Å². The molecule has 1 aromatic carbocycles. The van der Waals surface area contributed by atoms with E-state index in [2.05, 4.69) is 25.3 Å². The second-order valence-electron chi connectivity index (χ2n) is 5.55. The van der Waals surface area contributed by atoms with Crippen LogP contribution in [0.1, 0.15) is 29.5 Å². The van der Waals surface area contributed by atoms with Crippen LogP contribution in [0.5, 0.6) is 5.75 Å². The molecule has 0 bridgehead atoms. The van der Waals surface area contributed by atoms with Crippen molar-refractivity contribution in [2.75, 3.05) is 21.2 Å². The van der Waals surface area contributed by atoms with Gasteiger partial charge in [0.05, 0.1) is 12.5 Å². The Morgan fingerprint density at radius 3 is 2.32 bits per heavy atom. The van der Waals surface area contributed by atoms with Crippen molar-refractivity contribution >= 4 is 5.91 Å². The summed E-state index contributed by atoms with van der Waals surface area (Å²) in [6.45, 7) is 4.12. The van der Waals surface area contributed by atoms with Crippen LogP contribution in [0.15, 0.2) is 12.1 Å². The summed E-state index contributed by atoms with van der Waals surface area (Å²) in [4.78, 5) is 12.4. The highest BCUT2D eigenvalue weighted by Crippen LogP contribution is 2.52. The number of carbonyl (C=O) groups is 1. The van der Waals surface area contributed by atoms with E-state index in [1.807, 2.05) is 20.2 Å². The monoisotopic (exact) mass is 262 g/mol. The molecule has 0 atom stereocenters. The van der Waals surface area contributed by atoms with E-state index in [0.29, 0.717) is 0 Å². The van der Waals surface area contributed by atoms with Gasteiger partial charge in [0.1, 0.15) is 5.75 Å². The number of carbonyl (C=O) groups excluding carboxylic acids is 1. The molecule has 2 rings (SSSR count). The minimum atomic E-state index is -0.409. The van der Waals surface area contributed by atoms with Crippen LogP contribution in [0.3, 0.4) is 0 Å². The molecule has 0 aliphatic heterocycles. The Kier molecular flexibility index (Phi) is 3.54. The van der Waals surface area contributed by atoms with Crippen LogP contribution in [-0.2, 0) is 10.2 Å². The van der Waals surface area contributed by atoms with Gasteiger partial charge in [0.2, 0.25) is 5.91 Å². The quantitative estimate of drug-likeness (QED) is 0.843. The molecule has 0 radical (unpaired) electrons. The number of rotatable bonds is 4. The van der Waals surface area contributed by atoms with Crippen molar-refractivity contribution in [1.29, 1.82) is 0 Å². The molecule has 104 valence electrons. The molecular weight excluding hydrogens is 240 g/mol. The van der Waals surface area contributed by atoms with E-state index in [-0.39, 0.29) is 5.91 Å². The molecule has 0 unspecified atom stereocenters. The smallest absolute Gasteiger partial charge is 0.245 e. The summed E-state index contributed by atoms with van der Waals surface area (Å²) < 4.78 is 5.47. The largest absolute Gasteiger partial charge is 0.496 e. The number of ether oxygens (including phenoxy) is 1. The number of aryl methyl sites for hydroxylation is 2. The molecule has 1 saturated carbocycles. The van der Waals surface area contributed by atoms with Crippen LogP contribution in [0.4, 0.5) is 0 Å². The molecule has 1 aliphatic rings. The fraction of sp³-hybridized carbons (Fsp3) is 0.533. The first kappa shape index (κ1) is 13.9. The van der Waals surface area contributed by atoms with Gasteiger partial charge in [0.25, 0.3) is 0 Å². The minimum absolute atomic E-state index is 0.0547. The van der Waals surface area contributed by atoms with Crippen molar-refractivity contribution in [3.8, 4) is 5.75 Å². The standard InChI is InChI=1S/C15H22N2O2/c1-10-8-12(13(19-5)9-11(10)2)15(6-7-15)14(18)16-17(3)4/h8-9H,6-7H2,1-5H3,(H,16,18). The van der Waals surface area contributed by atoms with Crippen molar-refractivity contribution in [3.63, 3.8) is 0 Å². The van der Waals surface area contributed by atoms with E-state index >= 15 is 0 Å². The Labute approximate surface area is 114 Å². The van der Waals surface area contributed by atoms with Gasteiger partial charge < -0.3 is 4.74 Å². The highest BCUT2D eigenvalue weighted by atomic mass is 16.5. The first-order chi connectivity index (χ1) is 8.90. The molecule has 1 fully saturated rings. The van der Waals surface area contributed by atoms with Gasteiger partial charge >= 0.3 is 0 Å². The van der Waals surface area contributed by atoms with Crippen LogP contribution in [-0.4, -0.2) is 32.1 Å². The second-order valence-corrected chi connectivity index (χ2v) is 5.55.